The number of benzene rings is 1. The first kappa shape index (κ1) is 17.8. The minimum atomic E-state index is -1.17. The van der Waals surface area contributed by atoms with E-state index in [1.165, 1.54) is 0 Å². The van der Waals surface area contributed by atoms with Crippen LogP contribution in [-0.4, -0.2) is 30.4 Å². The van der Waals surface area contributed by atoms with Gasteiger partial charge in [-0.25, -0.2) is 4.79 Å². The minimum absolute atomic E-state index is 0.0617. The maximum Gasteiger partial charge on any atom is 0.382 e. The number of ether oxygens (including phenoxy) is 1. The molecule has 1 rings (SSSR count). The Morgan fingerprint density at radius 1 is 0.955 bits per heavy atom. The highest BCUT2D eigenvalue weighted by atomic mass is 16.5. The van der Waals surface area contributed by atoms with Gasteiger partial charge in [0, 0.05) is 18.4 Å². The van der Waals surface area contributed by atoms with E-state index in [0.29, 0.717) is 5.56 Å². The van der Waals surface area contributed by atoms with Crippen LogP contribution in [0, 0.1) is 20.8 Å². The quantitative estimate of drug-likeness (QED) is 0.334. The summed E-state index contributed by atoms with van der Waals surface area (Å²) in [5.74, 6) is -3.22. The summed E-state index contributed by atoms with van der Waals surface area (Å²) in [6.07, 6.45) is 0.252. The van der Waals surface area contributed by atoms with E-state index in [1.807, 2.05) is 32.9 Å². The molecule has 0 aliphatic carbocycles. The van der Waals surface area contributed by atoms with Gasteiger partial charge in [0.05, 0.1) is 7.11 Å². The maximum absolute atomic E-state index is 12.3. The lowest BCUT2D eigenvalue weighted by Gasteiger charge is -2.10. The summed E-state index contributed by atoms with van der Waals surface area (Å²) in [6.45, 7) is 5.71. The number of ketones is 3. The Labute approximate surface area is 129 Å². The lowest BCUT2D eigenvalue weighted by molar-refractivity contribution is -0.155. The second-order valence-electron chi connectivity index (χ2n) is 5.29. The number of hydrogen-bond acceptors (Lipinski definition) is 5. The van der Waals surface area contributed by atoms with E-state index in [9.17, 15) is 19.2 Å². The monoisotopic (exact) mass is 304 g/mol. The van der Waals surface area contributed by atoms with Crippen LogP contribution in [0.3, 0.4) is 0 Å². The number of aryl methyl sites for hydroxylation is 3. The molecule has 0 saturated carbocycles. The van der Waals surface area contributed by atoms with E-state index >= 15 is 0 Å². The second-order valence-corrected chi connectivity index (χ2v) is 5.29. The van der Waals surface area contributed by atoms with Crippen LogP contribution in [0.1, 0.15) is 46.3 Å². The lowest BCUT2D eigenvalue weighted by atomic mass is 9.94. The van der Waals surface area contributed by atoms with Crippen LogP contribution in [0.4, 0.5) is 0 Å². The third-order valence-electron chi connectivity index (χ3n) is 3.39. The molecule has 0 aromatic heterocycles. The third-order valence-corrected chi connectivity index (χ3v) is 3.39. The van der Waals surface area contributed by atoms with Crippen molar-refractivity contribution in [2.75, 3.05) is 7.11 Å². The van der Waals surface area contributed by atoms with Gasteiger partial charge in [-0.15, -0.1) is 0 Å². The fourth-order valence-electron chi connectivity index (χ4n) is 2.47. The fourth-order valence-corrected chi connectivity index (χ4v) is 2.47. The Hall–Kier alpha value is -2.30. The zero-order valence-electron chi connectivity index (χ0n) is 13.3. The third kappa shape index (κ3) is 4.35. The Morgan fingerprint density at radius 2 is 1.50 bits per heavy atom. The Bertz CT molecular complexity index is 605. The van der Waals surface area contributed by atoms with Gasteiger partial charge < -0.3 is 4.74 Å². The van der Waals surface area contributed by atoms with Crippen molar-refractivity contribution in [3.8, 4) is 0 Å². The second kappa shape index (κ2) is 7.64. The van der Waals surface area contributed by atoms with Crippen molar-refractivity contribution in [2.45, 2.75) is 40.0 Å². The van der Waals surface area contributed by atoms with Crippen molar-refractivity contribution >= 4 is 23.3 Å². The van der Waals surface area contributed by atoms with Crippen LogP contribution in [0.15, 0.2) is 12.1 Å². The molecule has 0 saturated heterocycles. The van der Waals surface area contributed by atoms with Crippen LogP contribution in [0.25, 0.3) is 0 Å². The molecule has 0 atom stereocenters. The molecule has 0 heterocycles. The molecule has 5 nitrogen and oxygen atoms in total. The van der Waals surface area contributed by atoms with Gasteiger partial charge in [0.15, 0.2) is 5.78 Å². The topological polar surface area (TPSA) is 77.5 Å². The Kier molecular flexibility index (Phi) is 6.16. The fraction of sp³-hybridized carbons (Fsp3) is 0.412. The van der Waals surface area contributed by atoms with Gasteiger partial charge in [0.25, 0.3) is 0 Å². The first-order valence-electron chi connectivity index (χ1n) is 7.04. The Morgan fingerprint density at radius 3 is 2.00 bits per heavy atom. The summed E-state index contributed by atoms with van der Waals surface area (Å²) in [6, 6.07) is 3.87. The smallest absolute Gasteiger partial charge is 0.382 e. The van der Waals surface area contributed by atoms with Gasteiger partial charge in [0.2, 0.25) is 5.78 Å². The van der Waals surface area contributed by atoms with E-state index in [0.717, 1.165) is 23.8 Å². The van der Waals surface area contributed by atoms with Gasteiger partial charge in [-0.05, 0) is 38.3 Å². The summed E-state index contributed by atoms with van der Waals surface area (Å²) in [5, 5.41) is 0. The standard InChI is InChI=1S/C17H20O5/c1-10-8-11(2)15(12(3)9-10)13(18)6-5-7-14(19)16(20)17(21)22-4/h8-9H,5-7H2,1-4H3. The molecule has 0 fully saturated rings. The molecule has 1 aromatic carbocycles. The average molecular weight is 304 g/mol. The molecule has 0 unspecified atom stereocenters. The van der Waals surface area contributed by atoms with Crippen molar-refractivity contribution in [3.05, 3.63) is 34.4 Å². The van der Waals surface area contributed by atoms with Crippen molar-refractivity contribution in [3.63, 3.8) is 0 Å². The molecule has 0 aliphatic rings. The maximum atomic E-state index is 12.3. The molecule has 0 bridgehead atoms. The molecular weight excluding hydrogens is 284 g/mol. The van der Waals surface area contributed by atoms with Gasteiger partial charge in [0.1, 0.15) is 0 Å². The summed E-state index contributed by atoms with van der Waals surface area (Å²) in [5.41, 5.74) is 3.56. The normalized spacial score (nSPS) is 10.2. The highest BCUT2D eigenvalue weighted by Crippen LogP contribution is 2.19. The first-order valence-corrected chi connectivity index (χ1v) is 7.04. The molecule has 0 radical (unpaired) electrons. The highest BCUT2D eigenvalue weighted by Gasteiger charge is 2.23. The molecule has 1 aromatic rings. The summed E-state index contributed by atoms with van der Waals surface area (Å²) in [7, 11) is 1.04. The van der Waals surface area contributed by atoms with Crippen LogP contribution in [0.5, 0.6) is 0 Å². The van der Waals surface area contributed by atoms with E-state index in [4.69, 9.17) is 0 Å². The Balaban J connectivity index is 2.63. The van der Waals surface area contributed by atoms with E-state index < -0.39 is 17.5 Å². The van der Waals surface area contributed by atoms with Gasteiger partial charge in [-0.3, -0.25) is 14.4 Å². The highest BCUT2D eigenvalue weighted by molar-refractivity contribution is 6.62. The number of carbonyl (C=O) groups excluding carboxylic acids is 4. The van der Waals surface area contributed by atoms with E-state index in [-0.39, 0.29) is 25.0 Å². The molecular formula is C17H20O5. The summed E-state index contributed by atoms with van der Waals surface area (Å²) in [4.78, 5) is 45.9. The molecule has 5 heteroatoms. The zero-order valence-corrected chi connectivity index (χ0v) is 13.3. The number of Topliss-reactive ketones (excluding diaryl/α,β-unsaturated/α-hetero) is 3. The minimum Gasteiger partial charge on any atom is -0.463 e. The van der Waals surface area contributed by atoms with Crippen LogP contribution in [0.2, 0.25) is 0 Å². The zero-order chi connectivity index (χ0) is 16.9. The summed E-state index contributed by atoms with van der Waals surface area (Å²) >= 11 is 0. The number of carbonyl (C=O) groups is 4. The average Bonchev–Trinajstić information content (AvgIpc) is 2.44. The van der Waals surface area contributed by atoms with Crippen LogP contribution in [-0.2, 0) is 19.1 Å². The number of rotatable bonds is 7. The van der Waals surface area contributed by atoms with Crippen molar-refractivity contribution < 1.29 is 23.9 Å². The molecule has 22 heavy (non-hydrogen) atoms. The van der Waals surface area contributed by atoms with Gasteiger partial charge >= 0.3 is 11.8 Å². The number of methoxy groups -OCH3 is 1. The predicted molar refractivity (Wildman–Crippen MR) is 80.9 cm³/mol. The van der Waals surface area contributed by atoms with Crippen LogP contribution < -0.4 is 0 Å². The van der Waals surface area contributed by atoms with Crippen molar-refractivity contribution in [2.24, 2.45) is 0 Å². The van der Waals surface area contributed by atoms with Gasteiger partial charge in [-0.2, -0.15) is 0 Å². The molecule has 118 valence electrons. The number of esters is 1. The van der Waals surface area contributed by atoms with E-state index in [2.05, 4.69) is 4.74 Å². The van der Waals surface area contributed by atoms with Crippen molar-refractivity contribution in [1.82, 2.24) is 0 Å². The van der Waals surface area contributed by atoms with Crippen LogP contribution >= 0.6 is 0 Å². The lowest BCUT2D eigenvalue weighted by Crippen LogP contribution is -2.25. The van der Waals surface area contributed by atoms with Crippen molar-refractivity contribution in [1.29, 1.82) is 0 Å². The van der Waals surface area contributed by atoms with Gasteiger partial charge in [-0.1, -0.05) is 17.7 Å². The molecule has 0 N–H and O–H groups in total. The summed E-state index contributed by atoms with van der Waals surface area (Å²) < 4.78 is 4.20. The van der Waals surface area contributed by atoms with E-state index in [1.54, 1.807) is 0 Å². The largest absolute Gasteiger partial charge is 0.463 e. The SMILES string of the molecule is COC(=O)C(=O)C(=O)CCCC(=O)c1c(C)cc(C)cc1C. The predicted octanol–water partition coefficient (Wildman–Crippen LogP) is 2.28. The molecule has 0 aliphatic heterocycles. The number of hydrogen-bond donors (Lipinski definition) is 0. The first-order chi connectivity index (χ1) is 10.3. The molecule has 0 amide bonds. The molecule has 0 spiro atoms.